The van der Waals surface area contributed by atoms with Crippen molar-refractivity contribution in [3.05, 3.63) is 38.4 Å². The molecule has 0 heterocycles. The standard InChI is InChI=1S/C8H5ClF3NO2/c1-4-2-5(8(10,11)12)6(9)3-7(4)13(14)15/h2-3H,1H3. The molecule has 0 spiro atoms. The minimum absolute atomic E-state index is 0.0725. The molecule has 1 aromatic carbocycles. The van der Waals surface area contributed by atoms with Gasteiger partial charge in [0, 0.05) is 11.6 Å². The molecule has 7 heteroatoms. The van der Waals surface area contributed by atoms with Crippen molar-refractivity contribution >= 4 is 17.3 Å². The van der Waals surface area contributed by atoms with Gasteiger partial charge < -0.3 is 0 Å². The third kappa shape index (κ3) is 2.38. The lowest BCUT2D eigenvalue weighted by molar-refractivity contribution is -0.385. The number of nitrogens with zero attached hydrogens (tertiary/aromatic N) is 1. The molecule has 1 rings (SSSR count). The third-order valence-corrected chi connectivity index (χ3v) is 2.10. The SMILES string of the molecule is Cc1cc(C(F)(F)F)c(Cl)cc1[N+](=O)[O-]. The molecule has 0 aliphatic heterocycles. The Balaban J connectivity index is 3.39. The Hall–Kier alpha value is -1.30. The summed E-state index contributed by atoms with van der Waals surface area (Å²) >= 11 is 5.31. The lowest BCUT2D eigenvalue weighted by atomic mass is 10.1. The molecule has 0 fully saturated rings. The van der Waals surface area contributed by atoms with Crippen molar-refractivity contribution in [3.8, 4) is 0 Å². The number of aryl methyl sites for hydroxylation is 1. The summed E-state index contributed by atoms with van der Waals surface area (Å²) in [4.78, 5) is 9.62. The summed E-state index contributed by atoms with van der Waals surface area (Å²) in [6.07, 6.45) is -4.60. The van der Waals surface area contributed by atoms with Crippen molar-refractivity contribution in [3.63, 3.8) is 0 Å². The third-order valence-electron chi connectivity index (χ3n) is 1.79. The fourth-order valence-corrected chi connectivity index (χ4v) is 1.35. The van der Waals surface area contributed by atoms with Crippen molar-refractivity contribution in [2.75, 3.05) is 0 Å². The van der Waals surface area contributed by atoms with E-state index in [1.54, 1.807) is 0 Å². The summed E-state index contributed by atoms with van der Waals surface area (Å²) in [5.74, 6) is 0. The predicted octanol–water partition coefficient (Wildman–Crippen LogP) is 3.58. The number of rotatable bonds is 1. The van der Waals surface area contributed by atoms with Gasteiger partial charge in [0.15, 0.2) is 0 Å². The maximum atomic E-state index is 12.3. The van der Waals surface area contributed by atoms with E-state index in [0.717, 1.165) is 0 Å². The van der Waals surface area contributed by atoms with E-state index in [4.69, 9.17) is 11.6 Å². The highest BCUT2D eigenvalue weighted by molar-refractivity contribution is 6.31. The second kappa shape index (κ2) is 3.69. The first-order chi connectivity index (χ1) is 6.73. The van der Waals surface area contributed by atoms with Crippen molar-refractivity contribution in [2.45, 2.75) is 13.1 Å². The molecule has 0 saturated carbocycles. The Bertz CT molecular complexity index is 417. The van der Waals surface area contributed by atoms with Crippen molar-refractivity contribution in [1.82, 2.24) is 0 Å². The number of halogens is 4. The molecule has 0 N–H and O–H groups in total. The van der Waals surface area contributed by atoms with E-state index in [2.05, 4.69) is 0 Å². The summed E-state index contributed by atoms with van der Waals surface area (Å²) in [6.45, 7) is 1.23. The van der Waals surface area contributed by atoms with E-state index in [1.165, 1.54) is 6.92 Å². The van der Waals surface area contributed by atoms with Crippen LogP contribution < -0.4 is 0 Å². The molecule has 15 heavy (non-hydrogen) atoms. The smallest absolute Gasteiger partial charge is 0.258 e. The van der Waals surface area contributed by atoms with Gasteiger partial charge >= 0.3 is 6.18 Å². The van der Waals surface area contributed by atoms with Gasteiger partial charge in [-0.25, -0.2) is 0 Å². The van der Waals surface area contributed by atoms with Crippen LogP contribution in [0.2, 0.25) is 5.02 Å². The average molecular weight is 240 g/mol. The van der Waals surface area contributed by atoms with Gasteiger partial charge in [-0.3, -0.25) is 10.1 Å². The number of alkyl halides is 3. The molecule has 3 nitrogen and oxygen atoms in total. The quantitative estimate of drug-likeness (QED) is 0.555. The van der Waals surface area contributed by atoms with Gasteiger partial charge in [-0.05, 0) is 13.0 Å². The van der Waals surface area contributed by atoms with E-state index in [1.807, 2.05) is 0 Å². The van der Waals surface area contributed by atoms with E-state index in [-0.39, 0.29) is 5.56 Å². The predicted molar refractivity (Wildman–Crippen MR) is 47.8 cm³/mol. The zero-order valence-electron chi connectivity index (χ0n) is 7.43. The molecule has 0 atom stereocenters. The Morgan fingerprint density at radius 1 is 1.40 bits per heavy atom. The molecule has 1 aromatic rings. The molecule has 0 aliphatic carbocycles. The van der Waals surface area contributed by atoms with Crippen LogP contribution in [-0.4, -0.2) is 4.92 Å². The second-order valence-corrected chi connectivity index (χ2v) is 3.28. The number of nitro benzene ring substituents is 1. The van der Waals surface area contributed by atoms with Crippen LogP contribution in [0.1, 0.15) is 11.1 Å². The molecule has 0 amide bonds. The highest BCUT2D eigenvalue weighted by Crippen LogP contribution is 2.37. The van der Waals surface area contributed by atoms with Crippen LogP contribution in [0.4, 0.5) is 18.9 Å². The summed E-state index contributed by atoms with van der Waals surface area (Å²) in [6, 6.07) is 1.38. The van der Waals surface area contributed by atoms with E-state index in [0.29, 0.717) is 12.1 Å². The molecule has 0 radical (unpaired) electrons. The maximum absolute atomic E-state index is 12.3. The molecule has 0 aliphatic rings. The minimum Gasteiger partial charge on any atom is -0.258 e. The first-order valence-electron chi connectivity index (χ1n) is 3.75. The fraction of sp³-hybridized carbons (Fsp3) is 0.250. The van der Waals surface area contributed by atoms with E-state index < -0.39 is 27.4 Å². The summed E-state index contributed by atoms with van der Waals surface area (Å²) in [5.41, 5.74) is -1.56. The number of benzene rings is 1. The zero-order valence-corrected chi connectivity index (χ0v) is 8.19. The van der Waals surface area contributed by atoms with Crippen LogP contribution in [-0.2, 0) is 6.18 Å². The van der Waals surface area contributed by atoms with Gasteiger partial charge in [-0.2, -0.15) is 13.2 Å². The number of hydrogen-bond acceptors (Lipinski definition) is 2. The highest BCUT2D eigenvalue weighted by Gasteiger charge is 2.34. The number of nitro groups is 1. The fourth-order valence-electron chi connectivity index (χ4n) is 1.08. The molecular formula is C8H5ClF3NO2. The monoisotopic (exact) mass is 239 g/mol. The molecule has 0 saturated heterocycles. The molecule has 0 bridgehead atoms. The average Bonchev–Trinajstić information content (AvgIpc) is 2.06. The first-order valence-corrected chi connectivity index (χ1v) is 4.13. The second-order valence-electron chi connectivity index (χ2n) is 2.87. The van der Waals surface area contributed by atoms with Crippen LogP contribution in [0, 0.1) is 17.0 Å². The van der Waals surface area contributed by atoms with Gasteiger partial charge in [0.2, 0.25) is 0 Å². The molecular weight excluding hydrogens is 235 g/mol. The normalized spacial score (nSPS) is 11.5. The zero-order chi connectivity index (χ0) is 11.8. The van der Waals surface area contributed by atoms with Gasteiger partial charge in [-0.15, -0.1) is 0 Å². The van der Waals surface area contributed by atoms with Gasteiger partial charge in [-0.1, -0.05) is 11.6 Å². The molecule has 0 unspecified atom stereocenters. The van der Waals surface area contributed by atoms with Gasteiger partial charge in [0.05, 0.1) is 15.5 Å². The van der Waals surface area contributed by atoms with Crippen LogP contribution in [0.25, 0.3) is 0 Å². The topological polar surface area (TPSA) is 43.1 Å². The largest absolute Gasteiger partial charge is 0.417 e. The van der Waals surface area contributed by atoms with Crippen molar-refractivity contribution < 1.29 is 18.1 Å². The van der Waals surface area contributed by atoms with Crippen LogP contribution in [0.5, 0.6) is 0 Å². The van der Waals surface area contributed by atoms with Gasteiger partial charge in [0.1, 0.15) is 0 Å². The van der Waals surface area contributed by atoms with Crippen molar-refractivity contribution in [1.29, 1.82) is 0 Å². The summed E-state index contributed by atoms with van der Waals surface area (Å²) in [5, 5.41) is 9.73. The molecule has 0 aromatic heterocycles. The Morgan fingerprint density at radius 3 is 2.33 bits per heavy atom. The Kier molecular flexibility index (Phi) is 2.90. The lowest BCUT2D eigenvalue weighted by Gasteiger charge is -2.09. The molecule has 82 valence electrons. The van der Waals surface area contributed by atoms with Crippen LogP contribution >= 0.6 is 11.6 Å². The first kappa shape index (κ1) is 11.8. The lowest BCUT2D eigenvalue weighted by Crippen LogP contribution is -2.07. The van der Waals surface area contributed by atoms with Gasteiger partial charge in [0.25, 0.3) is 5.69 Å². The maximum Gasteiger partial charge on any atom is 0.417 e. The van der Waals surface area contributed by atoms with Crippen LogP contribution in [0.3, 0.4) is 0 Å². The Labute approximate surface area is 87.6 Å². The van der Waals surface area contributed by atoms with E-state index in [9.17, 15) is 23.3 Å². The number of hydrogen-bond donors (Lipinski definition) is 0. The van der Waals surface area contributed by atoms with Crippen LogP contribution in [0.15, 0.2) is 12.1 Å². The Morgan fingerprint density at radius 2 is 1.93 bits per heavy atom. The highest BCUT2D eigenvalue weighted by atomic mass is 35.5. The summed E-state index contributed by atoms with van der Waals surface area (Å²) in [7, 11) is 0. The van der Waals surface area contributed by atoms with Crippen molar-refractivity contribution in [2.24, 2.45) is 0 Å². The van der Waals surface area contributed by atoms with E-state index >= 15 is 0 Å². The minimum atomic E-state index is -4.60. The summed E-state index contributed by atoms with van der Waals surface area (Å²) < 4.78 is 36.9.